The van der Waals surface area contributed by atoms with Gasteiger partial charge in [-0.15, -0.1) is 0 Å². The number of carbonyl (C=O) groups excluding carboxylic acids is 1. The molecule has 1 amide bonds. The van der Waals surface area contributed by atoms with Gasteiger partial charge in [-0.25, -0.2) is 0 Å². The molecule has 1 unspecified atom stereocenters. The number of aliphatic hydroxyl groups excluding tert-OH is 1. The Morgan fingerprint density at radius 2 is 1.89 bits per heavy atom. The molecular formula is C14H28N2O2. The molecule has 1 fully saturated rings. The van der Waals surface area contributed by atoms with E-state index in [9.17, 15) is 9.90 Å². The third kappa shape index (κ3) is 4.25. The van der Waals surface area contributed by atoms with Crippen LogP contribution >= 0.6 is 0 Å². The smallest absolute Gasteiger partial charge is 0.222 e. The highest BCUT2D eigenvalue weighted by Crippen LogP contribution is 2.28. The molecule has 18 heavy (non-hydrogen) atoms. The van der Waals surface area contributed by atoms with Crippen LogP contribution in [0.4, 0.5) is 0 Å². The van der Waals surface area contributed by atoms with Gasteiger partial charge >= 0.3 is 0 Å². The molecule has 0 saturated heterocycles. The van der Waals surface area contributed by atoms with Crippen LogP contribution in [0.15, 0.2) is 0 Å². The molecule has 4 nitrogen and oxygen atoms in total. The molecule has 1 saturated carbocycles. The molecule has 0 aromatic carbocycles. The highest BCUT2D eigenvalue weighted by molar-refractivity contribution is 5.77. The molecular weight excluding hydrogens is 228 g/mol. The maximum absolute atomic E-state index is 12.0. The maximum atomic E-state index is 12.0. The van der Waals surface area contributed by atoms with Crippen LogP contribution in [0.2, 0.25) is 0 Å². The largest absolute Gasteiger partial charge is 0.394 e. The first-order valence-electron chi connectivity index (χ1n) is 6.96. The number of aliphatic hydroxyl groups is 1. The molecule has 0 heterocycles. The van der Waals surface area contributed by atoms with E-state index in [0.717, 1.165) is 25.7 Å². The lowest BCUT2D eigenvalue weighted by Gasteiger charge is -2.37. The van der Waals surface area contributed by atoms with E-state index in [4.69, 9.17) is 5.73 Å². The van der Waals surface area contributed by atoms with E-state index in [0.29, 0.717) is 6.42 Å². The van der Waals surface area contributed by atoms with Gasteiger partial charge in [0.15, 0.2) is 0 Å². The summed E-state index contributed by atoms with van der Waals surface area (Å²) in [4.78, 5) is 12.0. The number of amides is 1. The fourth-order valence-corrected chi connectivity index (χ4v) is 2.40. The Morgan fingerprint density at radius 1 is 1.33 bits per heavy atom. The van der Waals surface area contributed by atoms with Crippen molar-refractivity contribution in [3.63, 3.8) is 0 Å². The first-order chi connectivity index (χ1) is 8.29. The van der Waals surface area contributed by atoms with E-state index in [2.05, 4.69) is 5.32 Å². The van der Waals surface area contributed by atoms with E-state index in [1.165, 1.54) is 6.42 Å². The predicted molar refractivity (Wildman–Crippen MR) is 73.1 cm³/mol. The second-order valence-corrected chi connectivity index (χ2v) is 6.72. The number of hydrogen-bond acceptors (Lipinski definition) is 3. The molecule has 4 heteroatoms. The minimum absolute atomic E-state index is 0.0312. The Balaban J connectivity index is 2.52. The zero-order valence-electron chi connectivity index (χ0n) is 12.0. The molecule has 106 valence electrons. The van der Waals surface area contributed by atoms with Gasteiger partial charge in [-0.05, 0) is 18.3 Å². The summed E-state index contributed by atoms with van der Waals surface area (Å²) >= 11 is 0. The number of nitrogens with one attached hydrogen (secondary N) is 1. The van der Waals surface area contributed by atoms with Crippen LogP contribution in [0, 0.1) is 5.41 Å². The standard InChI is InChI=1S/C14H28N2O2/c1-13(2,3)11(15)9-12(18)16-14(10-17)7-5-4-6-8-14/h11,17H,4-10,15H2,1-3H3,(H,16,18). The van der Waals surface area contributed by atoms with Gasteiger partial charge in [0.25, 0.3) is 0 Å². The van der Waals surface area contributed by atoms with Crippen LogP contribution in [0.3, 0.4) is 0 Å². The van der Waals surface area contributed by atoms with Gasteiger partial charge in [0, 0.05) is 12.5 Å². The van der Waals surface area contributed by atoms with E-state index in [1.54, 1.807) is 0 Å². The third-order valence-corrected chi connectivity index (χ3v) is 4.04. The van der Waals surface area contributed by atoms with Gasteiger partial charge in [0.2, 0.25) is 5.91 Å². The zero-order valence-corrected chi connectivity index (χ0v) is 12.0. The summed E-state index contributed by atoms with van der Waals surface area (Å²) < 4.78 is 0. The van der Waals surface area contributed by atoms with E-state index >= 15 is 0 Å². The van der Waals surface area contributed by atoms with Crippen LogP contribution in [-0.2, 0) is 4.79 Å². The first kappa shape index (κ1) is 15.4. The highest BCUT2D eigenvalue weighted by Gasteiger charge is 2.34. The molecule has 0 spiro atoms. The van der Waals surface area contributed by atoms with Gasteiger partial charge < -0.3 is 16.2 Å². The van der Waals surface area contributed by atoms with E-state index in [-0.39, 0.29) is 24.0 Å². The minimum Gasteiger partial charge on any atom is -0.394 e. The van der Waals surface area contributed by atoms with Crippen molar-refractivity contribution in [2.45, 2.75) is 70.9 Å². The fraction of sp³-hybridized carbons (Fsp3) is 0.929. The van der Waals surface area contributed by atoms with Crippen molar-refractivity contribution in [3.8, 4) is 0 Å². The molecule has 1 aliphatic rings. The molecule has 1 rings (SSSR count). The Morgan fingerprint density at radius 3 is 2.33 bits per heavy atom. The third-order valence-electron chi connectivity index (χ3n) is 4.04. The molecule has 4 N–H and O–H groups in total. The van der Waals surface area contributed by atoms with Gasteiger partial charge in [0.1, 0.15) is 0 Å². The van der Waals surface area contributed by atoms with E-state index in [1.807, 2.05) is 20.8 Å². The van der Waals surface area contributed by atoms with Crippen molar-refractivity contribution in [2.24, 2.45) is 11.1 Å². The zero-order chi connectivity index (χ0) is 13.8. The maximum Gasteiger partial charge on any atom is 0.222 e. The SMILES string of the molecule is CC(C)(C)C(N)CC(=O)NC1(CO)CCCCC1. The van der Waals surface area contributed by atoms with Gasteiger partial charge in [0.05, 0.1) is 12.1 Å². The molecule has 1 aliphatic carbocycles. The van der Waals surface area contributed by atoms with Crippen LogP contribution in [0.25, 0.3) is 0 Å². The van der Waals surface area contributed by atoms with Crippen molar-refractivity contribution in [1.82, 2.24) is 5.32 Å². The highest BCUT2D eigenvalue weighted by atomic mass is 16.3. The van der Waals surface area contributed by atoms with Crippen LogP contribution in [-0.4, -0.2) is 29.2 Å². The van der Waals surface area contributed by atoms with Crippen LogP contribution in [0.5, 0.6) is 0 Å². The average Bonchev–Trinajstić information content (AvgIpc) is 2.28. The summed E-state index contributed by atoms with van der Waals surface area (Å²) in [5.74, 6) is -0.0339. The summed E-state index contributed by atoms with van der Waals surface area (Å²) in [6.45, 7) is 6.14. The van der Waals surface area contributed by atoms with Gasteiger partial charge in [-0.2, -0.15) is 0 Å². The number of nitrogens with two attached hydrogens (primary N) is 1. The average molecular weight is 256 g/mol. The number of hydrogen-bond donors (Lipinski definition) is 3. The summed E-state index contributed by atoms with van der Waals surface area (Å²) in [6, 6.07) is -0.156. The van der Waals surface area contributed by atoms with E-state index < -0.39 is 5.54 Å². The van der Waals surface area contributed by atoms with Crippen molar-refractivity contribution >= 4 is 5.91 Å². The van der Waals surface area contributed by atoms with Gasteiger partial charge in [-0.1, -0.05) is 40.0 Å². The second-order valence-electron chi connectivity index (χ2n) is 6.72. The normalized spacial score (nSPS) is 21.4. The number of rotatable bonds is 4. The summed E-state index contributed by atoms with van der Waals surface area (Å²) in [7, 11) is 0. The topological polar surface area (TPSA) is 75.4 Å². The predicted octanol–water partition coefficient (Wildman–Crippen LogP) is 1.56. The molecule has 1 atom stereocenters. The number of carbonyl (C=O) groups is 1. The summed E-state index contributed by atoms with van der Waals surface area (Å²) in [5.41, 5.74) is 5.55. The van der Waals surface area contributed by atoms with Crippen molar-refractivity contribution in [3.05, 3.63) is 0 Å². The Kier molecular flexibility index (Phi) is 5.17. The molecule has 0 aromatic rings. The van der Waals surface area contributed by atoms with Crippen molar-refractivity contribution in [2.75, 3.05) is 6.61 Å². The monoisotopic (exact) mass is 256 g/mol. The quantitative estimate of drug-likeness (QED) is 0.714. The van der Waals surface area contributed by atoms with Crippen molar-refractivity contribution < 1.29 is 9.90 Å². The molecule has 0 radical (unpaired) electrons. The lowest BCUT2D eigenvalue weighted by atomic mass is 9.81. The van der Waals surface area contributed by atoms with Crippen molar-refractivity contribution in [1.29, 1.82) is 0 Å². The summed E-state index contributed by atoms with van der Waals surface area (Å²) in [5, 5.41) is 12.6. The Labute approximate surface area is 110 Å². The van der Waals surface area contributed by atoms with Gasteiger partial charge in [-0.3, -0.25) is 4.79 Å². The molecule has 0 aromatic heterocycles. The molecule has 0 bridgehead atoms. The second kappa shape index (κ2) is 6.02. The lowest BCUT2D eigenvalue weighted by Crippen LogP contribution is -2.54. The lowest BCUT2D eigenvalue weighted by molar-refractivity contribution is -0.125. The fourth-order valence-electron chi connectivity index (χ4n) is 2.40. The van der Waals surface area contributed by atoms with Crippen LogP contribution in [0.1, 0.15) is 59.3 Å². The molecule has 0 aliphatic heterocycles. The first-order valence-corrected chi connectivity index (χ1v) is 6.96. The summed E-state index contributed by atoms with van der Waals surface area (Å²) in [6.07, 6.45) is 5.42. The Bertz CT molecular complexity index is 278. The Hall–Kier alpha value is -0.610. The van der Waals surface area contributed by atoms with Crippen LogP contribution < -0.4 is 11.1 Å². The minimum atomic E-state index is -0.396.